The average molecular weight is 414 g/mol. The predicted octanol–water partition coefficient (Wildman–Crippen LogP) is 4.89. The van der Waals surface area contributed by atoms with Crippen molar-refractivity contribution in [2.45, 2.75) is 38.5 Å². The molecule has 0 spiro atoms. The molecule has 2 aromatic heterocycles. The quantitative estimate of drug-likeness (QED) is 0.639. The fourth-order valence-corrected chi connectivity index (χ4v) is 5.21. The van der Waals surface area contributed by atoms with Crippen molar-refractivity contribution in [1.82, 2.24) is 15.3 Å². The smallest absolute Gasteiger partial charge is 0.357 e. The lowest BCUT2D eigenvalue weighted by molar-refractivity contribution is -0.141. The molecular formula is C23H25F3N4. The van der Waals surface area contributed by atoms with Crippen LogP contribution in [0.4, 0.5) is 19.0 Å². The molecule has 0 radical (unpaired) electrons. The van der Waals surface area contributed by atoms with Gasteiger partial charge in [-0.2, -0.15) is 13.2 Å². The topological polar surface area (TPSA) is 44.0 Å². The molecule has 3 atom stereocenters. The SMILES string of the molecule is Cc1c(CN[C@H]2CC[C@@H]3CN(c4cccc(C(F)(F)F)n4)C[C@@H]32)[nH]c2ccccc12. The van der Waals surface area contributed by atoms with Crippen LogP contribution >= 0.6 is 0 Å². The standard InChI is InChI=1S/C23H25F3N4/c1-14-16-5-2-3-6-19(16)28-20(14)11-27-18-10-9-15-12-30(13-17(15)18)22-8-4-7-21(29-22)23(24,25)26/h2-8,15,17-18,27-28H,9-13H2,1H3/t15-,17+,18+/m1/s1. The van der Waals surface area contributed by atoms with Crippen molar-refractivity contribution in [3.8, 4) is 0 Å². The van der Waals surface area contributed by atoms with Crippen molar-refractivity contribution in [2.24, 2.45) is 11.8 Å². The van der Waals surface area contributed by atoms with E-state index in [2.05, 4.69) is 40.4 Å². The van der Waals surface area contributed by atoms with Crippen molar-refractivity contribution < 1.29 is 13.2 Å². The molecular weight excluding hydrogens is 389 g/mol. The molecule has 2 aliphatic rings. The van der Waals surface area contributed by atoms with Gasteiger partial charge in [-0.1, -0.05) is 24.3 Å². The van der Waals surface area contributed by atoms with Crippen LogP contribution in [0.3, 0.4) is 0 Å². The molecule has 7 heteroatoms. The molecule has 2 fully saturated rings. The monoisotopic (exact) mass is 414 g/mol. The molecule has 0 unspecified atom stereocenters. The number of nitrogens with one attached hydrogen (secondary N) is 2. The Morgan fingerprint density at radius 3 is 2.73 bits per heavy atom. The van der Waals surface area contributed by atoms with Gasteiger partial charge in [-0.3, -0.25) is 0 Å². The highest BCUT2D eigenvalue weighted by atomic mass is 19.4. The summed E-state index contributed by atoms with van der Waals surface area (Å²) in [7, 11) is 0. The molecule has 4 nitrogen and oxygen atoms in total. The third-order valence-corrected chi connectivity index (χ3v) is 6.82. The predicted molar refractivity (Wildman–Crippen MR) is 111 cm³/mol. The molecule has 1 aliphatic carbocycles. The van der Waals surface area contributed by atoms with Gasteiger partial charge in [0, 0.05) is 42.3 Å². The largest absolute Gasteiger partial charge is 0.433 e. The summed E-state index contributed by atoms with van der Waals surface area (Å²) in [5.41, 5.74) is 2.81. The maximum Gasteiger partial charge on any atom is 0.433 e. The van der Waals surface area contributed by atoms with Gasteiger partial charge in [0.15, 0.2) is 0 Å². The maximum atomic E-state index is 13.0. The molecule has 1 aliphatic heterocycles. The van der Waals surface area contributed by atoms with Gasteiger partial charge in [0.05, 0.1) is 0 Å². The van der Waals surface area contributed by atoms with Crippen molar-refractivity contribution >= 4 is 16.7 Å². The molecule has 0 bridgehead atoms. The number of benzene rings is 1. The molecule has 5 rings (SSSR count). The minimum Gasteiger partial charge on any atom is -0.357 e. The number of aryl methyl sites for hydroxylation is 1. The summed E-state index contributed by atoms with van der Waals surface area (Å²) >= 11 is 0. The van der Waals surface area contributed by atoms with E-state index in [4.69, 9.17) is 0 Å². The van der Waals surface area contributed by atoms with Gasteiger partial charge in [-0.05, 0) is 55.4 Å². The molecule has 3 heterocycles. The summed E-state index contributed by atoms with van der Waals surface area (Å²) < 4.78 is 39.1. The van der Waals surface area contributed by atoms with E-state index in [0.717, 1.165) is 44.1 Å². The van der Waals surface area contributed by atoms with E-state index in [1.807, 2.05) is 11.0 Å². The van der Waals surface area contributed by atoms with Crippen LogP contribution in [0.25, 0.3) is 10.9 Å². The molecule has 30 heavy (non-hydrogen) atoms. The van der Waals surface area contributed by atoms with Crippen molar-refractivity contribution in [3.63, 3.8) is 0 Å². The number of alkyl halides is 3. The van der Waals surface area contributed by atoms with E-state index in [0.29, 0.717) is 23.7 Å². The number of anilines is 1. The van der Waals surface area contributed by atoms with Gasteiger partial charge in [0.1, 0.15) is 11.5 Å². The zero-order chi connectivity index (χ0) is 20.9. The second kappa shape index (κ2) is 7.30. The number of fused-ring (bicyclic) bond motifs is 2. The fraction of sp³-hybridized carbons (Fsp3) is 0.435. The highest BCUT2D eigenvalue weighted by molar-refractivity contribution is 5.84. The van der Waals surface area contributed by atoms with Crippen LogP contribution in [0.2, 0.25) is 0 Å². The van der Waals surface area contributed by atoms with Gasteiger partial charge in [0.2, 0.25) is 0 Å². The average Bonchev–Trinajstić information content (AvgIpc) is 3.40. The summed E-state index contributed by atoms with van der Waals surface area (Å²) in [6, 6.07) is 12.9. The number of halogens is 3. The lowest BCUT2D eigenvalue weighted by Gasteiger charge is -2.23. The van der Waals surface area contributed by atoms with Crippen LogP contribution in [0.15, 0.2) is 42.5 Å². The van der Waals surface area contributed by atoms with Gasteiger partial charge in [-0.25, -0.2) is 4.98 Å². The normalized spacial score (nSPS) is 24.0. The van der Waals surface area contributed by atoms with E-state index in [1.165, 1.54) is 22.7 Å². The number of hydrogen-bond donors (Lipinski definition) is 2. The minimum absolute atomic E-state index is 0.372. The number of aromatic amines is 1. The van der Waals surface area contributed by atoms with E-state index in [1.54, 1.807) is 6.07 Å². The summed E-state index contributed by atoms with van der Waals surface area (Å²) in [5, 5.41) is 4.97. The van der Waals surface area contributed by atoms with E-state index < -0.39 is 11.9 Å². The van der Waals surface area contributed by atoms with E-state index >= 15 is 0 Å². The van der Waals surface area contributed by atoms with E-state index in [9.17, 15) is 13.2 Å². The van der Waals surface area contributed by atoms with Crippen LogP contribution in [0, 0.1) is 18.8 Å². The Kier molecular flexibility index (Phi) is 4.73. The van der Waals surface area contributed by atoms with Crippen LogP contribution in [0.5, 0.6) is 0 Å². The second-order valence-electron chi connectivity index (χ2n) is 8.55. The Morgan fingerprint density at radius 2 is 1.93 bits per heavy atom. The number of para-hydroxylation sites is 1. The summed E-state index contributed by atoms with van der Waals surface area (Å²) in [6.07, 6.45) is -2.20. The highest BCUT2D eigenvalue weighted by Crippen LogP contribution is 2.40. The molecule has 1 saturated carbocycles. The summed E-state index contributed by atoms with van der Waals surface area (Å²) in [4.78, 5) is 9.42. The van der Waals surface area contributed by atoms with Gasteiger partial charge in [-0.15, -0.1) is 0 Å². The number of aromatic nitrogens is 2. The molecule has 0 amide bonds. The molecule has 2 N–H and O–H groups in total. The van der Waals surface area contributed by atoms with Gasteiger partial charge >= 0.3 is 6.18 Å². The van der Waals surface area contributed by atoms with Crippen molar-refractivity contribution in [3.05, 3.63) is 59.4 Å². The van der Waals surface area contributed by atoms with Crippen molar-refractivity contribution in [2.75, 3.05) is 18.0 Å². The Bertz CT molecular complexity index is 1060. The van der Waals surface area contributed by atoms with Gasteiger partial charge in [0.25, 0.3) is 0 Å². The third kappa shape index (κ3) is 3.45. The lowest BCUT2D eigenvalue weighted by Crippen LogP contribution is -2.35. The number of rotatable bonds is 4. The first kappa shape index (κ1) is 19.4. The molecule has 1 saturated heterocycles. The lowest BCUT2D eigenvalue weighted by atomic mass is 9.98. The van der Waals surface area contributed by atoms with Crippen LogP contribution in [0.1, 0.15) is 29.8 Å². The van der Waals surface area contributed by atoms with Crippen LogP contribution in [-0.2, 0) is 12.7 Å². The second-order valence-corrected chi connectivity index (χ2v) is 8.55. The molecule has 3 aromatic rings. The van der Waals surface area contributed by atoms with E-state index in [-0.39, 0.29) is 0 Å². The number of nitrogens with zero attached hydrogens (tertiary/aromatic N) is 2. The summed E-state index contributed by atoms with van der Waals surface area (Å²) in [6.45, 7) is 4.45. The first-order valence-electron chi connectivity index (χ1n) is 10.5. The Hall–Kier alpha value is -2.54. The zero-order valence-corrected chi connectivity index (χ0v) is 16.8. The first-order chi connectivity index (χ1) is 14.4. The molecule has 158 valence electrons. The molecule has 1 aromatic carbocycles. The van der Waals surface area contributed by atoms with Gasteiger partial charge < -0.3 is 15.2 Å². The fourth-order valence-electron chi connectivity index (χ4n) is 5.21. The maximum absolute atomic E-state index is 13.0. The minimum atomic E-state index is -4.41. The Balaban J connectivity index is 1.27. The number of pyridine rings is 1. The Labute approximate surface area is 173 Å². The highest BCUT2D eigenvalue weighted by Gasteiger charge is 2.43. The van der Waals surface area contributed by atoms with Crippen LogP contribution in [-0.4, -0.2) is 29.1 Å². The summed E-state index contributed by atoms with van der Waals surface area (Å²) in [5.74, 6) is 1.37. The van der Waals surface area contributed by atoms with Crippen molar-refractivity contribution in [1.29, 1.82) is 0 Å². The number of H-pyrrole nitrogens is 1. The zero-order valence-electron chi connectivity index (χ0n) is 16.8. The number of hydrogen-bond acceptors (Lipinski definition) is 3. The van der Waals surface area contributed by atoms with Crippen LogP contribution < -0.4 is 10.2 Å². The first-order valence-corrected chi connectivity index (χ1v) is 10.5. The Morgan fingerprint density at radius 1 is 1.10 bits per heavy atom. The third-order valence-electron chi connectivity index (χ3n) is 6.82.